The Balaban J connectivity index is 2.12. The minimum Gasteiger partial charge on any atom is -0.480 e. The molecule has 1 aromatic carbocycles. The molecule has 1 heterocycles. The predicted molar refractivity (Wildman–Crippen MR) is 71.4 cm³/mol. The van der Waals surface area contributed by atoms with Crippen molar-refractivity contribution in [1.29, 1.82) is 5.26 Å². The van der Waals surface area contributed by atoms with Crippen molar-refractivity contribution in [3.63, 3.8) is 0 Å². The second-order valence-electron chi connectivity index (χ2n) is 5.27. The van der Waals surface area contributed by atoms with Crippen molar-refractivity contribution in [3.8, 4) is 6.07 Å². The van der Waals surface area contributed by atoms with Gasteiger partial charge in [-0.3, -0.25) is 9.69 Å². The van der Waals surface area contributed by atoms with Crippen molar-refractivity contribution in [1.82, 2.24) is 4.90 Å². The van der Waals surface area contributed by atoms with Crippen molar-refractivity contribution in [2.75, 3.05) is 6.54 Å². The minimum atomic E-state index is -0.747. The van der Waals surface area contributed by atoms with Gasteiger partial charge in [0.15, 0.2) is 0 Å². The fourth-order valence-electron chi connectivity index (χ4n) is 2.61. The molecule has 1 saturated heterocycles. The summed E-state index contributed by atoms with van der Waals surface area (Å²) in [4.78, 5) is 13.3. The first-order chi connectivity index (χ1) is 9.10. The van der Waals surface area contributed by atoms with Crippen LogP contribution in [0.5, 0.6) is 0 Å². The number of hydrogen-bond acceptors (Lipinski definition) is 3. The van der Waals surface area contributed by atoms with Crippen LogP contribution in [0.4, 0.5) is 0 Å². The summed E-state index contributed by atoms with van der Waals surface area (Å²) in [6, 6.07) is 9.08. The highest BCUT2D eigenvalue weighted by Gasteiger charge is 2.31. The van der Waals surface area contributed by atoms with Gasteiger partial charge in [0.25, 0.3) is 0 Å². The summed E-state index contributed by atoms with van der Waals surface area (Å²) >= 11 is 0. The van der Waals surface area contributed by atoms with Crippen molar-refractivity contribution in [3.05, 3.63) is 35.4 Å². The number of carboxylic acid groups (broad SMARTS) is 1. The van der Waals surface area contributed by atoms with Gasteiger partial charge in [0.2, 0.25) is 0 Å². The maximum atomic E-state index is 11.3. The zero-order valence-corrected chi connectivity index (χ0v) is 11.0. The van der Waals surface area contributed by atoms with Gasteiger partial charge in [-0.2, -0.15) is 5.26 Å². The summed E-state index contributed by atoms with van der Waals surface area (Å²) in [5.41, 5.74) is 1.62. The lowest BCUT2D eigenvalue weighted by Crippen LogP contribution is -2.46. The third-order valence-electron chi connectivity index (χ3n) is 3.70. The molecule has 1 aliphatic rings. The molecule has 0 bridgehead atoms. The maximum Gasteiger partial charge on any atom is 0.320 e. The summed E-state index contributed by atoms with van der Waals surface area (Å²) in [5, 5.41) is 18.2. The van der Waals surface area contributed by atoms with E-state index < -0.39 is 12.0 Å². The van der Waals surface area contributed by atoms with Gasteiger partial charge >= 0.3 is 5.97 Å². The lowest BCUT2D eigenvalue weighted by Gasteiger charge is -2.36. The van der Waals surface area contributed by atoms with Gasteiger partial charge < -0.3 is 5.11 Å². The van der Waals surface area contributed by atoms with Crippen LogP contribution < -0.4 is 0 Å². The molecule has 0 radical (unpaired) electrons. The van der Waals surface area contributed by atoms with E-state index in [-0.39, 0.29) is 0 Å². The van der Waals surface area contributed by atoms with E-state index in [1.807, 2.05) is 23.1 Å². The van der Waals surface area contributed by atoms with E-state index in [9.17, 15) is 9.90 Å². The van der Waals surface area contributed by atoms with Crippen molar-refractivity contribution < 1.29 is 9.90 Å². The number of carbonyl (C=O) groups is 1. The van der Waals surface area contributed by atoms with Crippen LogP contribution in [0.1, 0.15) is 30.9 Å². The molecule has 4 nitrogen and oxygen atoms in total. The van der Waals surface area contributed by atoms with Gasteiger partial charge in [0, 0.05) is 6.54 Å². The number of rotatable bonds is 3. The summed E-state index contributed by atoms with van der Waals surface area (Å²) in [5.74, 6) is -0.286. The van der Waals surface area contributed by atoms with Crippen LogP contribution in [0.3, 0.4) is 0 Å². The van der Waals surface area contributed by atoms with Gasteiger partial charge in [-0.15, -0.1) is 0 Å². The molecule has 2 rings (SSSR count). The standard InChI is InChI=1S/C15H18N2O2/c1-11-5-6-17(14(7-11)15(18)19)10-13-4-2-3-12(8-13)9-16/h2-4,8,11,14H,5-7,10H2,1H3,(H,18,19). The summed E-state index contributed by atoms with van der Waals surface area (Å²) in [6.07, 6.45) is 1.73. The zero-order chi connectivity index (χ0) is 13.8. The highest BCUT2D eigenvalue weighted by Crippen LogP contribution is 2.24. The molecule has 19 heavy (non-hydrogen) atoms. The van der Waals surface area contributed by atoms with Crippen LogP contribution in [-0.2, 0) is 11.3 Å². The molecule has 1 aliphatic heterocycles. The van der Waals surface area contributed by atoms with Crippen molar-refractivity contribution in [2.45, 2.75) is 32.4 Å². The molecule has 1 fully saturated rings. The number of nitrogens with zero attached hydrogens (tertiary/aromatic N) is 2. The van der Waals surface area contributed by atoms with Crippen LogP contribution in [0.25, 0.3) is 0 Å². The Morgan fingerprint density at radius 3 is 3.05 bits per heavy atom. The molecule has 0 saturated carbocycles. The molecule has 4 heteroatoms. The Labute approximate surface area is 113 Å². The predicted octanol–water partition coefficient (Wildman–Crippen LogP) is 2.24. The van der Waals surface area contributed by atoms with E-state index in [2.05, 4.69) is 13.0 Å². The first-order valence-corrected chi connectivity index (χ1v) is 6.56. The lowest BCUT2D eigenvalue weighted by molar-refractivity contribution is -0.145. The van der Waals surface area contributed by atoms with Crippen LogP contribution in [0.2, 0.25) is 0 Å². The molecular weight excluding hydrogens is 240 g/mol. The molecule has 0 amide bonds. The number of likely N-dealkylation sites (tertiary alicyclic amines) is 1. The Morgan fingerprint density at radius 1 is 1.58 bits per heavy atom. The van der Waals surface area contributed by atoms with Crippen LogP contribution in [0, 0.1) is 17.2 Å². The SMILES string of the molecule is CC1CCN(Cc2cccc(C#N)c2)C(C(=O)O)C1. The third-order valence-corrected chi connectivity index (χ3v) is 3.70. The van der Waals surface area contributed by atoms with Gasteiger partial charge in [-0.25, -0.2) is 0 Å². The van der Waals surface area contributed by atoms with Crippen LogP contribution >= 0.6 is 0 Å². The van der Waals surface area contributed by atoms with E-state index in [1.54, 1.807) is 6.07 Å². The molecule has 1 aromatic rings. The van der Waals surface area contributed by atoms with E-state index in [1.165, 1.54) is 0 Å². The molecule has 2 unspecified atom stereocenters. The van der Waals surface area contributed by atoms with E-state index in [4.69, 9.17) is 5.26 Å². The molecule has 0 spiro atoms. The normalized spacial score (nSPS) is 23.8. The highest BCUT2D eigenvalue weighted by atomic mass is 16.4. The van der Waals surface area contributed by atoms with Crippen LogP contribution in [0.15, 0.2) is 24.3 Å². The first-order valence-electron chi connectivity index (χ1n) is 6.56. The second-order valence-corrected chi connectivity index (χ2v) is 5.27. The van der Waals surface area contributed by atoms with Gasteiger partial charge in [-0.05, 0) is 43.0 Å². The second kappa shape index (κ2) is 5.85. The Hall–Kier alpha value is -1.86. The molecular formula is C15H18N2O2. The van der Waals surface area contributed by atoms with Gasteiger partial charge in [0.05, 0.1) is 11.6 Å². The monoisotopic (exact) mass is 258 g/mol. The Kier molecular flexibility index (Phi) is 4.18. The van der Waals surface area contributed by atoms with Gasteiger partial charge in [-0.1, -0.05) is 19.1 Å². The average Bonchev–Trinajstić information content (AvgIpc) is 2.41. The van der Waals surface area contributed by atoms with Crippen molar-refractivity contribution in [2.24, 2.45) is 5.92 Å². The smallest absolute Gasteiger partial charge is 0.320 e. The number of aliphatic carboxylic acids is 1. The quantitative estimate of drug-likeness (QED) is 0.903. The maximum absolute atomic E-state index is 11.3. The van der Waals surface area contributed by atoms with Crippen LogP contribution in [-0.4, -0.2) is 28.6 Å². The molecule has 0 aliphatic carbocycles. The minimum absolute atomic E-state index is 0.408. The molecule has 2 atom stereocenters. The largest absolute Gasteiger partial charge is 0.480 e. The average molecular weight is 258 g/mol. The fraction of sp³-hybridized carbons (Fsp3) is 0.467. The summed E-state index contributed by atoms with van der Waals surface area (Å²) in [7, 11) is 0. The molecule has 0 aromatic heterocycles. The van der Waals surface area contributed by atoms with Crippen molar-refractivity contribution >= 4 is 5.97 Å². The molecule has 100 valence electrons. The topological polar surface area (TPSA) is 64.3 Å². The Morgan fingerprint density at radius 2 is 2.37 bits per heavy atom. The number of piperidine rings is 1. The molecule has 1 N–H and O–H groups in total. The number of carboxylic acids is 1. The summed E-state index contributed by atoms with van der Waals surface area (Å²) < 4.78 is 0. The number of benzene rings is 1. The number of nitriles is 1. The lowest BCUT2D eigenvalue weighted by atomic mass is 9.92. The number of hydrogen-bond donors (Lipinski definition) is 1. The fourth-order valence-corrected chi connectivity index (χ4v) is 2.61. The van der Waals surface area contributed by atoms with Gasteiger partial charge in [0.1, 0.15) is 6.04 Å². The van der Waals surface area contributed by atoms with E-state index in [0.717, 1.165) is 18.5 Å². The first kappa shape index (κ1) is 13.6. The Bertz CT molecular complexity index is 507. The van der Waals surface area contributed by atoms with E-state index >= 15 is 0 Å². The third kappa shape index (κ3) is 3.33. The zero-order valence-electron chi connectivity index (χ0n) is 11.0. The van der Waals surface area contributed by atoms with E-state index in [0.29, 0.717) is 24.4 Å². The summed E-state index contributed by atoms with van der Waals surface area (Å²) in [6.45, 7) is 3.50. The highest BCUT2D eigenvalue weighted by molar-refractivity contribution is 5.73.